The Hall–Kier alpha value is -1.69. The molecule has 112 valence electrons. The predicted octanol–water partition coefficient (Wildman–Crippen LogP) is 3.21. The standard InChI is InChI=1S/C15H19N3O2S/c1-8-13(16-9(2)20-8)15(19)18(4)12-7-5-6-11-14(12)21-10(3)17-11/h12H,5-7H2,1-4H3. The van der Waals surface area contributed by atoms with E-state index in [2.05, 4.69) is 9.97 Å². The first-order valence-electron chi connectivity index (χ1n) is 7.14. The summed E-state index contributed by atoms with van der Waals surface area (Å²) in [6.07, 6.45) is 3.06. The second-order valence-corrected chi connectivity index (χ2v) is 6.74. The fraction of sp³-hybridized carbons (Fsp3) is 0.533. The molecule has 1 unspecified atom stereocenters. The zero-order chi connectivity index (χ0) is 15.1. The Labute approximate surface area is 128 Å². The number of hydrogen-bond donors (Lipinski definition) is 0. The molecule has 21 heavy (non-hydrogen) atoms. The van der Waals surface area contributed by atoms with Crippen LogP contribution < -0.4 is 0 Å². The number of aromatic nitrogens is 2. The number of carbonyl (C=O) groups is 1. The minimum atomic E-state index is -0.0757. The van der Waals surface area contributed by atoms with Crippen LogP contribution in [0.15, 0.2) is 4.42 Å². The highest BCUT2D eigenvalue weighted by Crippen LogP contribution is 2.37. The molecule has 0 N–H and O–H groups in total. The first kappa shape index (κ1) is 14.3. The van der Waals surface area contributed by atoms with Crippen LogP contribution in [-0.2, 0) is 6.42 Å². The first-order valence-corrected chi connectivity index (χ1v) is 7.96. The number of oxazole rings is 1. The molecule has 0 fully saturated rings. The maximum absolute atomic E-state index is 12.7. The number of aryl methyl sites for hydroxylation is 4. The van der Waals surface area contributed by atoms with Gasteiger partial charge in [0.15, 0.2) is 11.6 Å². The summed E-state index contributed by atoms with van der Waals surface area (Å²) in [6.45, 7) is 5.56. The van der Waals surface area contributed by atoms with Crippen molar-refractivity contribution < 1.29 is 9.21 Å². The van der Waals surface area contributed by atoms with E-state index in [-0.39, 0.29) is 11.9 Å². The van der Waals surface area contributed by atoms with Crippen molar-refractivity contribution in [1.82, 2.24) is 14.9 Å². The third-order valence-corrected chi connectivity index (χ3v) is 5.04. The zero-order valence-electron chi connectivity index (χ0n) is 12.8. The van der Waals surface area contributed by atoms with Crippen molar-refractivity contribution in [2.45, 2.75) is 46.1 Å². The lowest BCUT2D eigenvalue weighted by Gasteiger charge is -2.30. The van der Waals surface area contributed by atoms with Gasteiger partial charge in [-0.3, -0.25) is 4.79 Å². The molecule has 0 radical (unpaired) electrons. The van der Waals surface area contributed by atoms with Crippen LogP contribution in [0.3, 0.4) is 0 Å². The number of amides is 1. The van der Waals surface area contributed by atoms with Crippen molar-refractivity contribution in [1.29, 1.82) is 0 Å². The van der Waals surface area contributed by atoms with E-state index in [0.29, 0.717) is 17.3 Å². The Balaban J connectivity index is 1.90. The van der Waals surface area contributed by atoms with E-state index >= 15 is 0 Å². The summed E-state index contributed by atoms with van der Waals surface area (Å²) in [7, 11) is 1.85. The van der Waals surface area contributed by atoms with Gasteiger partial charge in [-0.1, -0.05) is 0 Å². The van der Waals surface area contributed by atoms with Crippen LogP contribution >= 0.6 is 11.3 Å². The van der Waals surface area contributed by atoms with Gasteiger partial charge in [-0.05, 0) is 33.1 Å². The van der Waals surface area contributed by atoms with Gasteiger partial charge in [-0.25, -0.2) is 9.97 Å². The quantitative estimate of drug-likeness (QED) is 0.855. The molecule has 1 amide bonds. The molecule has 0 aromatic carbocycles. The van der Waals surface area contributed by atoms with Crippen LogP contribution in [0.4, 0.5) is 0 Å². The molecule has 0 bridgehead atoms. The van der Waals surface area contributed by atoms with E-state index in [1.807, 2.05) is 14.0 Å². The van der Waals surface area contributed by atoms with Crippen LogP contribution in [0.5, 0.6) is 0 Å². The smallest absolute Gasteiger partial charge is 0.276 e. The van der Waals surface area contributed by atoms with Gasteiger partial charge < -0.3 is 9.32 Å². The molecule has 2 heterocycles. The third-order valence-electron chi connectivity index (χ3n) is 3.92. The lowest BCUT2D eigenvalue weighted by Crippen LogP contribution is -2.33. The van der Waals surface area contributed by atoms with E-state index < -0.39 is 0 Å². The summed E-state index contributed by atoms with van der Waals surface area (Å²) in [5.74, 6) is 1.04. The van der Waals surface area contributed by atoms with Crippen LogP contribution in [0, 0.1) is 20.8 Å². The van der Waals surface area contributed by atoms with Gasteiger partial charge >= 0.3 is 0 Å². The average Bonchev–Trinajstić information content (AvgIpc) is 2.97. The maximum atomic E-state index is 12.7. The Kier molecular flexibility index (Phi) is 3.57. The van der Waals surface area contributed by atoms with E-state index in [9.17, 15) is 4.79 Å². The number of thiazole rings is 1. The van der Waals surface area contributed by atoms with E-state index in [1.54, 1.807) is 30.1 Å². The van der Waals surface area contributed by atoms with E-state index in [1.165, 1.54) is 4.88 Å². The lowest BCUT2D eigenvalue weighted by atomic mass is 9.97. The van der Waals surface area contributed by atoms with Crippen molar-refractivity contribution in [3.8, 4) is 0 Å². The summed E-state index contributed by atoms with van der Waals surface area (Å²) in [6, 6.07) is 0.101. The molecule has 2 aromatic rings. The molecule has 0 spiro atoms. The van der Waals surface area contributed by atoms with Crippen molar-refractivity contribution >= 4 is 17.2 Å². The van der Waals surface area contributed by atoms with Crippen LogP contribution in [0.2, 0.25) is 0 Å². The molecule has 0 aliphatic heterocycles. The molecule has 1 atom stereocenters. The van der Waals surface area contributed by atoms with Crippen LogP contribution in [0.25, 0.3) is 0 Å². The van der Waals surface area contributed by atoms with Gasteiger partial charge in [0, 0.05) is 14.0 Å². The summed E-state index contributed by atoms with van der Waals surface area (Å²) in [5.41, 5.74) is 1.57. The second-order valence-electron chi connectivity index (χ2n) is 5.51. The van der Waals surface area contributed by atoms with Crippen molar-refractivity contribution in [2.24, 2.45) is 0 Å². The minimum absolute atomic E-state index is 0.0757. The number of carbonyl (C=O) groups excluding carboxylic acids is 1. The minimum Gasteiger partial charge on any atom is -0.445 e. The van der Waals surface area contributed by atoms with Crippen molar-refractivity contribution in [3.05, 3.63) is 32.9 Å². The molecule has 6 heteroatoms. The summed E-state index contributed by atoms with van der Waals surface area (Å²) >= 11 is 1.70. The van der Waals surface area contributed by atoms with Gasteiger partial charge in [0.25, 0.3) is 5.91 Å². The van der Waals surface area contributed by atoms with Crippen LogP contribution in [-0.4, -0.2) is 27.8 Å². The lowest BCUT2D eigenvalue weighted by molar-refractivity contribution is 0.0711. The Morgan fingerprint density at radius 2 is 2.10 bits per heavy atom. The largest absolute Gasteiger partial charge is 0.445 e. The fourth-order valence-electron chi connectivity index (χ4n) is 2.92. The highest BCUT2D eigenvalue weighted by molar-refractivity contribution is 7.11. The average molecular weight is 305 g/mol. The van der Waals surface area contributed by atoms with Gasteiger partial charge in [-0.2, -0.15) is 0 Å². The fourth-order valence-corrected chi connectivity index (χ4v) is 4.08. The maximum Gasteiger partial charge on any atom is 0.276 e. The van der Waals surface area contributed by atoms with Gasteiger partial charge in [0.1, 0.15) is 5.76 Å². The molecular formula is C15H19N3O2S. The van der Waals surface area contributed by atoms with Crippen molar-refractivity contribution in [2.75, 3.05) is 7.05 Å². The van der Waals surface area contributed by atoms with Gasteiger partial charge in [0.05, 0.1) is 21.6 Å². The van der Waals surface area contributed by atoms with Gasteiger partial charge in [-0.15, -0.1) is 11.3 Å². The number of hydrogen-bond acceptors (Lipinski definition) is 5. The van der Waals surface area contributed by atoms with E-state index in [0.717, 1.165) is 30.0 Å². The molecular weight excluding hydrogens is 286 g/mol. The monoisotopic (exact) mass is 305 g/mol. The normalized spacial score (nSPS) is 17.6. The molecule has 0 saturated carbocycles. The van der Waals surface area contributed by atoms with Crippen molar-refractivity contribution in [3.63, 3.8) is 0 Å². The Morgan fingerprint density at radius 1 is 1.33 bits per heavy atom. The summed E-state index contributed by atoms with van der Waals surface area (Å²) in [4.78, 5) is 24.5. The Bertz CT molecular complexity index is 689. The number of fused-ring (bicyclic) bond motifs is 1. The SMILES string of the molecule is Cc1nc(C(=O)N(C)C2CCCc3nc(C)sc32)c(C)o1. The zero-order valence-corrected chi connectivity index (χ0v) is 13.6. The number of nitrogens with zero attached hydrogens (tertiary/aromatic N) is 3. The predicted molar refractivity (Wildman–Crippen MR) is 80.6 cm³/mol. The molecule has 1 aliphatic carbocycles. The number of rotatable bonds is 2. The highest BCUT2D eigenvalue weighted by atomic mass is 32.1. The molecule has 2 aromatic heterocycles. The van der Waals surface area contributed by atoms with Crippen LogP contribution in [0.1, 0.15) is 56.6 Å². The topological polar surface area (TPSA) is 59.2 Å². The molecule has 1 aliphatic rings. The molecule has 0 saturated heterocycles. The summed E-state index contributed by atoms with van der Waals surface area (Å²) in [5, 5.41) is 1.07. The second kappa shape index (κ2) is 5.26. The molecule has 5 nitrogen and oxygen atoms in total. The third kappa shape index (κ3) is 2.48. The summed E-state index contributed by atoms with van der Waals surface area (Å²) < 4.78 is 5.38. The first-order chi connectivity index (χ1) is 9.97. The Morgan fingerprint density at radius 3 is 2.76 bits per heavy atom. The molecule has 3 rings (SSSR count). The van der Waals surface area contributed by atoms with Gasteiger partial charge in [0.2, 0.25) is 0 Å². The van der Waals surface area contributed by atoms with E-state index in [4.69, 9.17) is 4.42 Å². The highest BCUT2D eigenvalue weighted by Gasteiger charge is 2.31.